The molecule has 0 aromatic heterocycles. The molecule has 1 aliphatic heterocycles. The van der Waals surface area contributed by atoms with Gasteiger partial charge in [-0.05, 0) is 62.3 Å². The first kappa shape index (κ1) is 26.5. The van der Waals surface area contributed by atoms with E-state index in [0.29, 0.717) is 24.2 Å². The number of carbonyl (C=O) groups is 2. The fourth-order valence-electron chi connectivity index (χ4n) is 3.69. The summed E-state index contributed by atoms with van der Waals surface area (Å²) >= 11 is 0. The molecule has 2 aromatic rings. The van der Waals surface area contributed by atoms with E-state index in [0.717, 1.165) is 44.6 Å². The molecule has 1 heterocycles. The van der Waals surface area contributed by atoms with Crippen molar-refractivity contribution in [2.45, 2.75) is 30.8 Å². The van der Waals surface area contributed by atoms with Crippen LogP contribution in [-0.4, -0.2) is 60.4 Å². The van der Waals surface area contributed by atoms with Crippen molar-refractivity contribution in [3.05, 3.63) is 65.2 Å². The SMILES string of the molecule is O=C(NCCN1CCCC1)c1ccc(NC(=O)c2ccc(C(O)(C(F)(F)F)C(F)(F)F)cc2)cc1. The van der Waals surface area contributed by atoms with Gasteiger partial charge in [-0.2, -0.15) is 26.3 Å². The molecule has 1 saturated heterocycles. The topological polar surface area (TPSA) is 81.7 Å². The van der Waals surface area contributed by atoms with E-state index in [1.54, 1.807) is 0 Å². The van der Waals surface area contributed by atoms with Gasteiger partial charge in [0.25, 0.3) is 17.4 Å². The van der Waals surface area contributed by atoms with Crippen molar-refractivity contribution in [2.75, 3.05) is 31.5 Å². The number of amides is 2. The lowest BCUT2D eigenvalue weighted by Gasteiger charge is -2.32. The van der Waals surface area contributed by atoms with Crippen molar-refractivity contribution in [3.8, 4) is 0 Å². The van der Waals surface area contributed by atoms with Gasteiger partial charge in [0.1, 0.15) is 0 Å². The first-order valence-corrected chi connectivity index (χ1v) is 10.7. The Hall–Kier alpha value is -3.12. The zero-order valence-corrected chi connectivity index (χ0v) is 18.3. The molecule has 0 unspecified atom stereocenters. The van der Waals surface area contributed by atoms with Crippen LogP contribution in [0.2, 0.25) is 0 Å². The van der Waals surface area contributed by atoms with E-state index in [9.17, 15) is 41.0 Å². The highest BCUT2D eigenvalue weighted by Crippen LogP contribution is 2.49. The number of benzene rings is 2. The maximum absolute atomic E-state index is 13.0. The van der Waals surface area contributed by atoms with E-state index in [-0.39, 0.29) is 17.2 Å². The van der Waals surface area contributed by atoms with E-state index in [4.69, 9.17) is 0 Å². The summed E-state index contributed by atoms with van der Waals surface area (Å²) in [5.41, 5.74) is -6.15. The number of likely N-dealkylation sites (tertiary alicyclic amines) is 1. The molecule has 6 nitrogen and oxygen atoms in total. The Balaban J connectivity index is 1.61. The third kappa shape index (κ3) is 5.93. The number of nitrogens with zero attached hydrogens (tertiary/aromatic N) is 1. The van der Waals surface area contributed by atoms with Crippen molar-refractivity contribution < 1.29 is 41.0 Å². The molecule has 0 saturated carbocycles. The molecule has 1 fully saturated rings. The summed E-state index contributed by atoms with van der Waals surface area (Å²) in [4.78, 5) is 26.8. The van der Waals surface area contributed by atoms with Gasteiger partial charge in [0.2, 0.25) is 0 Å². The van der Waals surface area contributed by atoms with Crippen LogP contribution in [0.5, 0.6) is 0 Å². The summed E-state index contributed by atoms with van der Waals surface area (Å²) in [6.45, 7) is 3.27. The lowest BCUT2D eigenvalue weighted by Crippen LogP contribution is -2.53. The average Bonchev–Trinajstić information content (AvgIpc) is 3.31. The van der Waals surface area contributed by atoms with Crippen LogP contribution in [0.15, 0.2) is 48.5 Å². The number of nitrogens with one attached hydrogen (secondary N) is 2. The highest BCUT2D eigenvalue weighted by Gasteiger charge is 2.71. The largest absolute Gasteiger partial charge is 0.430 e. The van der Waals surface area contributed by atoms with E-state index in [2.05, 4.69) is 15.5 Å². The summed E-state index contributed by atoms with van der Waals surface area (Å²) in [6.07, 6.45) is -9.74. The predicted molar refractivity (Wildman–Crippen MR) is 115 cm³/mol. The third-order valence-corrected chi connectivity index (χ3v) is 5.70. The van der Waals surface area contributed by atoms with Gasteiger partial charge < -0.3 is 20.6 Å². The zero-order valence-electron chi connectivity index (χ0n) is 18.3. The molecule has 0 bridgehead atoms. The van der Waals surface area contributed by atoms with E-state index < -0.39 is 29.4 Å². The van der Waals surface area contributed by atoms with Gasteiger partial charge in [-0.15, -0.1) is 0 Å². The van der Waals surface area contributed by atoms with Crippen LogP contribution in [0.3, 0.4) is 0 Å². The first-order chi connectivity index (χ1) is 16.3. The quantitative estimate of drug-likeness (QED) is 0.498. The molecule has 3 N–H and O–H groups in total. The highest BCUT2D eigenvalue weighted by molar-refractivity contribution is 6.04. The predicted octanol–water partition coefficient (Wildman–Crippen LogP) is 4.08. The second kappa shape index (κ2) is 10.2. The minimum absolute atomic E-state index is 0.232. The summed E-state index contributed by atoms with van der Waals surface area (Å²) in [7, 11) is 0. The molecule has 0 radical (unpaired) electrons. The van der Waals surface area contributed by atoms with Crippen molar-refractivity contribution >= 4 is 17.5 Å². The molecule has 2 aromatic carbocycles. The van der Waals surface area contributed by atoms with Gasteiger partial charge in [0.15, 0.2) is 0 Å². The van der Waals surface area contributed by atoms with Crippen molar-refractivity contribution in [1.29, 1.82) is 0 Å². The Bertz CT molecular complexity index is 1020. The van der Waals surface area contributed by atoms with Gasteiger partial charge >= 0.3 is 12.4 Å². The highest BCUT2D eigenvalue weighted by atomic mass is 19.4. The van der Waals surface area contributed by atoms with Gasteiger partial charge in [-0.3, -0.25) is 9.59 Å². The van der Waals surface area contributed by atoms with Gasteiger partial charge in [-0.1, -0.05) is 12.1 Å². The van der Waals surface area contributed by atoms with Crippen LogP contribution in [0.25, 0.3) is 0 Å². The Morgan fingerprint density at radius 2 is 1.29 bits per heavy atom. The molecule has 0 spiro atoms. The van der Waals surface area contributed by atoms with Crippen molar-refractivity contribution in [2.24, 2.45) is 0 Å². The fraction of sp³-hybridized carbons (Fsp3) is 0.391. The Kier molecular flexibility index (Phi) is 7.75. The standard InChI is InChI=1S/C23H23F6N3O3/c24-22(25,26)21(35,23(27,28)29)17-7-3-16(4-8-17)20(34)31-18-9-5-15(6-10-18)19(33)30-11-14-32-12-1-2-13-32/h3-10,35H,1-2,11-14H2,(H,30,33)(H,31,34). The Morgan fingerprint density at radius 3 is 1.80 bits per heavy atom. The van der Waals surface area contributed by atoms with Gasteiger partial charge in [0, 0.05) is 35.5 Å². The monoisotopic (exact) mass is 503 g/mol. The zero-order chi connectivity index (χ0) is 25.9. The number of carbonyl (C=O) groups excluding carboxylic acids is 2. The number of alkyl halides is 6. The fourth-order valence-corrected chi connectivity index (χ4v) is 3.69. The molecule has 12 heteroatoms. The van der Waals surface area contributed by atoms with E-state index in [1.807, 2.05) is 0 Å². The lowest BCUT2D eigenvalue weighted by molar-refractivity contribution is -0.376. The number of aliphatic hydroxyl groups is 1. The van der Waals surface area contributed by atoms with Crippen LogP contribution in [0.4, 0.5) is 32.0 Å². The van der Waals surface area contributed by atoms with Gasteiger partial charge in [-0.25, -0.2) is 0 Å². The first-order valence-electron chi connectivity index (χ1n) is 10.7. The molecular weight excluding hydrogens is 480 g/mol. The van der Waals surface area contributed by atoms with Crippen LogP contribution in [0, 0.1) is 0 Å². The maximum Gasteiger partial charge on any atom is 0.430 e. The minimum Gasteiger partial charge on any atom is -0.369 e. The number of anilines is 1. The van der Waals surface area contributed by atoms with Gasteiger partial charge in [0.05, 0.1) is 0 Å². The maximum atomic E-state index is 13.0. The molecular formula is C23H23F6N3O3. The second-order valence-corrected chi connectivity index (χ2v) is 8.12. The molecule has 190 valence electrons. The van der Waals surface area contributed by atoms with E-state index in [1.165, 1.54) is 24.3 Å². The third-order valence-electron chi connectivity index (χ3n) is 5.70. The molecule has 0 aliphatic carbocycles. The lowest BCUT2D eigenvalue weighted by atomic mass is 9.91. The minimum atomic E-state index is -6.02. The molecule has 3 rings (SSSR count). The average molecular weight is 503 g/mol. The van der Waals surface area contributed by atoms with Crippen LogP contribution >= 0.6 is 0 Å². The number of hydrogen-bond donors (Lipinski definition) is 3. The Morgan fingerprint density at radius 1 is 0.800 bits per heavy atom. The van der Waals surface area contributed by atoms with Crippen molar-refractivity contribution in [3.63, 3.8) is 0 Å². The van der Waals surface area contributed by atoms with Crippen LogP contribution in [-0.2, 0) is 5.60 Å². The van der Waals surface area contributed by atoms with Crippen LogP contribution in [0.1, 0.15) is 39.1 Å². The smallest absolute Gasteiger partial charge is 0.369 e. The van der Waals surface area contributed by atoms with E-state index >= 15 is 0 Å². The molecule has 2 amide bonds. The Labute approximate surface area is 196 Å². The second-order valence-electron chi connectivity index (χ2n) is 8.12. The normalized spacial score (nSPS) is 15.2. The summed E-state index contributed by atoms with van der Waals surface area (Å²) in [6, 6.07) is 8.09. The summed E-state index contributed by atoms with van der Waals surface area (Å²) in [5.74, 6) is -1.10. The number of halogens is 6. The summed E-state index contributed by atoms with van der Waals surface area (Å²) < 4.78 is 77.9. The molecule has 1 aliphatic rings. The van der Waals surface area contributed by atoms with Crippen molar-refractivity contribution in [1.82, 2.24) is 10.2 Å². The molecule has 35 heavy (non-hydrogen) atoms. The molecule has 0 atom stereocenters. The number of rotatable bonds is 7. The summed E-state index contributed by atoms with van der Waals surface area (Å²) in [5, 5.41) is 14.7. The van der Waals surface area contributed by atoms with Crippen LogP contribution < -0.4 is 10.6 Å². The number of hydrogen-bond acceptors (Lipinski definition) is 4.